The molecular formula is C21H10F2O7. The van der Waals surface area contributed by atoms with Crippen molar-refractivity contribution in [1.29, 1.82) is 0 Å². The van der Waals surface area contributed by atoms with Crippen LogP contribution >= 0.6 is 0 Å². The smallest absolute Gasteiger partial charge is 0.336 e. The third-order valence-electron chi connectivity index (χ3n) is 4.65. The quantitative estimate of drug-likeness (QED) is 0.435. The molecule has 0 radical (unpaired) electrons. The molecule has 0 bridgehead atoms. The lowest BCUT2D eigenvalue weighted by Gasteiger charge is -2.17. The maximum Gasteiger partial charge on any atom is 0.336 e. The Hall–Kier alpha value is -4.27. The van der Waals surface area contributed by atoms with Crippen LogP contribution in [0.5, 0.6) is 5.75 Å². The van der Waals surface area contributed by atoms with Gasteiger partial charge in [0.1, 0.15) is 0 Å². The first kappa shape index (κ1) is 19.1. The van der Waals surface area contributed by atoms with Crippen molar-refractivity contribution in [3.8, 4) is 28.2 Å². The number of carbonyl (C=O) groups is 2. The number of halogens is 2. The number of phenols is 1. The number of hydrogen-bond acceptors (Lipinski definition) is 5. The van der Waals surface area contributed by atoms with Crippen molar-refractivity contribution in [2.24, 2.45) is 0 Å². The molecule has 2 aromatic carbocycles. The number of benzene rings is 3. The summed E-state index contributed by atoms with van der Waals surface area (Å²) < 4.78 is 34.3. The molecule has 0 amide bonds. The Morgan fingerprint density at radius 3 is 2.27 bits per heavy atom. The van der Waals surface area contributed by atoms with Gasteiger partial charge in [0.25, 0.3) is 0 Å². The maximum absolute atomic E-state index is 14.6. The van der Waals surface area contributed by atoms with Crippen molar-refractivity contribution in [2.45, 2.75) is 0 Å². The van der Waals surface area contributed by atoms with Gasteiger partial charge in [-0.05, 0) is 48.0 Å². The van der Waals surface area contributed by atoms with Gasteiger partial charge < -0.3 is 19.7 Å². The number of carboxylic acid groups (broad SMARTS) is 2. The van der Waals surface area contributed by atoms with E-state index in [2.05, 4.69) is 0 Å². The molecule has 2 aromatic rings. The summed E-state index contributed by atoms with van der Waals surface area (Å²) in [7, 11) is 0. The van der Waals surface area contributed by atoms with Crippen LogP contribution in [0, 0.1) is 11.6 Å². The summed E-state index contributed by atoms with van der Waals surface area (Å²) in [4.78, 5) is 34.9. The fraction of sp³-hybridized carbons (Fsp3) is 0. The van der Waals surface area contributed by atoms with Gasteiger partial charge in [-0.2, -0.15) is 8.78 Å². The second-order valence-electron chi connectivity index (χ2n) is 6.38. The van der Waals surface area contributed by atoms with Crippen molar-refractivity contribution in [3.05, 3.63) is 75.4 Å². The summed E-state index contributed by atoms with van der Waals surface area (Å²) in [5, 5.41) is 28.5. The van der Waals surface area contributed by atoms with E-state index in [1.54, 1.807) is 0 Å². The number of hydrogen-bond donors (Lipinski definition) is 3. The van der Waals surface area contributed by atoms with Gasteiger partial charge in [0.15, 0.2) is 17.1 Å². The Labute approximate surface area is 165 Å². The molecule has 30 heavy (non-hydrogen) atoms. The first-order chi connectivity index (χ1) is 14.2. The fourth-order valence-corrected chi connectivity index (χ4v) is 3.28. The van der Waals surface area contributed by atoms with Gasteiger partial charge in [0, 0.05) is 16.5 Å². The second-order valence-corrected chi connectivity index (χ2v) is 6.38. The zero-order valence-electron chi connectivity index (χ0n) is 14.8. The molecule has 0 aromatic heterocycles. The monoisotopic (exact) mass is 412 g/mol. The van der Waals surface area contributed by atoms with Gasteiger partial charge >= 0.3 is 11.9 Å². The lowest BCUT2D eigenvalue weighted by atomic mass is 9.89. The Morgan fingerprint density at radius 2 is 1.60 bits per heavy atom. The average molecular weight is 412 g/mol. The van der Waals surface area contributed by atoms with Gasteiger partial charge in [0.05, 0.1) is 11.1 Å². The summed E-state index contributed by atoms with van der Waals surface area (Å²) in [6, 6.07) is 7.45. The predicted octanol–water partition coefficient (Wildman–Crippen LogP) is 3.95. The molecule has 1 aliphatic carbocycles. The van der Waals surface area contributed by atoms with Crippen molar-refractivity contribution in [1.82, 2.24) is 0 Å². The molecule has 150 valence electrons. The van der Waals surface area contributed by atoms with E-state index in [1.807, 2.05) is 0 Å². The summed E-state index contributed by atoms with van der Waals surface area (Å²) in [6.07, 6.45) is 0. The summed E-state index contributed by atoms with van der Waals surface area (Å²) in [5.74, 6) is -6.83. The van der Waals surface area contributed by atoms with Crippen molar-refractivity contribution in [3.63, 3.8) is 0 Å². The van der Waals surface area contributed by atoms with Crippen LogP contribution in [0.1, 0.15) is 20.7 Å². The molecule has 0 fully saturated rings. The molecule has 1 heterocycles. The van der Waals surface area contributed by atoms with E-state index in [4.69, 9.17) is 4.42 Å². The highest BCUT2D eigenvalue weighted by Gasteiger charge is 2.27. The van der Waals surface area contributed by atoms with Gasteiger partial charge in [-0.25, -0.2) is 9.59 Å². The zero-order chi connectivity index (χ0) is 21.7. The lowest BCUT2D eigenvalue weighted by molar-refractivity contribution is 0.0682. The molecule has 7 nitrogen and oxygen atoms in total. The Morgan fingerprint density at radius 1 is 0.867 bits per heavy atom. The zero-order valence-corrected chi connectivity index (χ0v) is 14.8. The number of carboxylic acids is 2. The van der Waals surface area contributed by atoms with Crippen LogP contribution < -0.4 is 5.43 Å². The molecular weight excluding hydrogens is 402 g/mol. The summed E-state index contributed by atoms with van der Waals surface area (Å²) >= 11 is 0. The maximum atomic E-state index is 14.6. The molecule has 0 spiro atoms. The minimum Gasteiger partial charge on any atom is -0.505 e. The van der Waals surface area contributed by atoms with E-state index < -0.39 is 46.1 Å². The van der Waals surface area contributed by atoms with E-state index in [1.165, 1.54) is 12.1 Å². The van der Waals surface area contributed by atoms with E-state index in [0.29, 0.717) is 0 Å². The van der Waals surface area contributed by atoms with E-state index in [9.17, 15) is 38.5 Å². The molecule has 3 N–H and O–H groups in total. The van der Waals surface area contributed by atoms with Crippen LogP contribution in [0.3, 0.4) is 0 Å². The van der Waals surface area contributed by atoms with Crippen LogP contribution in [0.2, 0.25) is 0 Å². The predicted molar refractivity (Wildman–Crippen MR) is 100 cm³/mol. The van der Waals surface area contributed by atoms with Crippen LogP contribution in [0.4, 0.5) is 8.78 Å². The molecule has 1 aliphatic heterocycles. The third-order valence-corrected chi connectivity index (χ3v) is 4.65. The Balaban J connectivity index is 2.28. The average Bonchev–Trinajstić information content (AvgIpc) is 2.72. The van der Waals surface area contributed by atoms with E-state index in [0.717, 1.165) is 30.3 Å². The van der Waals surface area contributed by atoms with Crippen molar-refractivity contribution < 1.29 is 38.1 Å². The number of fused-ring (bicyclic) bond motifs is 2. The lowest BCUT2D eigenvalue weighted by Crippen LogP contribution is -2.09. The molecule has 0 atom stereocenters. The number of phenolic OH excluding ortho intramolecular Hbond substituents is 1. The van der Waals surface area contributed by atoms with Crippen LogP contribution in [0.25, 0.3) is 33.4 Å². The van der Waals surface area contributed by atoms with Gasteiger partial charge in [-0.1, -0.05) is 0 Å². The van der Waals surface area contributed by atoms with Crippen molar-refractivity contribution in [2.75, 3.05) is 0 Å². The van der Waals surface area contributed by atoms with Crippen LogP contribution in [0.15, 0.2) is 51.7 Å². The van der Waals surface area contributed by atoms with Gasteiger partial charge in [-0.15, -0.1) is 0 Å². The highest BCUT2D eigenvalue weighted by Crippen LogP contribution is 2.44. The van der Waals surface area contributed by atoms with Crippen LogP contribution in [-0.4, -0.2) is 27.3 Å². The minimum atomic E-state index is -1.41. The molecule has 0 saturated heterocycles. The molecule has 9 heteroatoms. The largest absolute Gasteiger partial charge is 0.505 e. The van der Waals surface area contributed by atoms with Gasteiger partial charge in [0.2, 0.25) is 17.1 Å². The molecule has 0 unspecified atom stereocenters. The van der Waals surface area contributed by atoms with E-state index >= 15 is 0 Å². The van der Waals surface area contributed by atoms with Crippen molar-refractivity contribution >= 4 is 22.9 Å². The van der Waals surface area contributed by atoms with Gasteiger partial charge in [-0.3, -0.25) is 4.79 Å². The highest BCUT2D eigenvalue weighted by atomic mass is 19.1. The second kappa shape index (κ2) is 6.66. The first-order valence-electron chi connectivity index (χ1n) is 8.38. The Kier molecular flexibility index (Phi) is 4.23. The normalized spacial score (nSPS) is 11.1. The summed E-state index contributed by atoms with van der Waals surface area (Å²) in [6.45, 7) is 0. The SMILES string of the molecule is O=C(O)c1ccc(C(=O)O)c(-c2c3ccc(=O)c(F)c-3oc3c(F)c(O)ccc23)c1. The molecule has 0 saturated carbocycles. The van der Waals surface area contributed by atoms with Crippen LogP contribution in [-0.2, 0) is 0 Å². The highest BCUT2D eigenvalue weighted by molar-refractivity contribution is 6.08. The Bertz CT molecular complexity index is 1400. The summed E-state index contributed by atoms with van der Waals surface area (Å²) in [5.41, 5.74) is -2.57. The van der Waals surface area contributed by atoms with E-state index in [-0.39, 0.29) is 33.2 Å². The topological polar surface area (TPSA) is 125 Å². The fourth-order valence-electron chi connectivity index (χ4n) is 3.28. The first-order valence-corrected chi connectivity index (χ1v) is 8.38. The molecule has 4 rings (SSSR count). The molecule has 2 aliphatic rings. The minimum absolute atomic E-state index is 0.0547. The standard InChI is InChI=1S/C21H10F2O7/c22-16-13(24)5-3-10-15(11-4-6-14(25)17(23)19(11)30-18(10)16)12-7-8(20(26)27)1-2-9(12)21(28)29/h1-7,24H,(H,26,27)(H,28,29). The number of rotatable bonds is 3. The number of aromatic carboxylic acids is 2. The third kappa shape index (κ3) is 2.75. The number of aromatic hydroxyl groups is 1.